The first-order chi connectivity index (χ1) is 19.0. The Morgan fingerprint density at radius 2 is 1.77 bits per heavy atom. The van der Waals surface area contributed by atoms with Crippen molar-refractivity contribution in [3.63, 3.8) is 0 Å². The van der Waals surface area contributed by atoms with Crippen molar-refractivity contribution in [1.82, 2.24) is 14.5 Å². The van der Waals surface area contributed by atoms with Crippen molar-refractivity contribution >= 4 is 40.7 Å². The molecular weight excluding hydrogens is 579 g/mol. The molecule has 40 heavy (non-hydrogen) atoms. The van der Waals surface area contributed by atoms with Crippen molar-refractivity contribution in [3.8, 4) is 39.4 Å². The molecule has 0 fully saturated rings. The molecule has 206 valence electrons. The smallest absolute Gasteiger partial charge is 0.246 e. The maximum absolute atomic E-state index is 15.9. The number of benzene rings is 3. The second-order valence-corrected chi connectivity index (χ2v) is 11.0. The minimum atomic E-state index is -1.04. The number of hydrogen-bond acceptors (Lipinski definition) is 3. The van der Waals surface area contributed by atoms with Crippen LogP contribution in [0.5, 0.6) is 5.75 Å². The summed E-state index contributed by atoms with van der Waals surface area (Å²) >= 11 is 18.5. The van der Waals surface area contributed by atoms with Gasteiger partial charge >= 0.3 is 0 Å². The molecule has 0 saturated heterocycles. The Kier molecular flexibility index (Phi) is 7.66. The lowest BCUT2D eigenvalue weighted by atomic mass is 9.93. The Hall–Kier alpha value is -3.39. The van der Waals surface area contributed by atoms with Crippen molar-refractivity contribution in [2.75, 3.05) is 6.54 Å². The third-order valence-electron chi connectivity index (χ3n) is 7.01. The van der Waals surface area contributed by atoms with Crippen LogP contribution in [0.1, 0.15) is 31.2 Å². The van der Waals surface area contributed by atoms with Crippen LogP contribution in [0.15, 0.2) is 55.1 Å². The molecule has 0 atom stereocenters. The van der Waals surface area contributed by atoms with Crippen molar-refractivity contribution < 1.29 is 18.7 Å². The van der Waals surface area contributed by atoms with Gasteiger partial charge in [-0.3, -0.25) is 4.79 Å². The van der Waals surface area contributed by atoms with E-state index in [0.717, 1.165) is 17.2 Å². The highest BCUT2D eigenvalue weighted by molar-refractivity contribution is 6.37. The summed E-state index contributed by atoms with van der Waals surface area (Å²) in [7, 11) is 0. The van der Waals surface area contributed by atoms with Crippen LogP contribution < -0.4 is 0 Å². The molecule has 1 aromatic heterocycles. The quantitative estimate of drug-likeness (QED) is 0.184. The van der Waals surface area contributed by atoms with Crippen molar-refractivity contribution in [3.05, 3.63) is 93.2 Å². The van der Waals surface area contributed by atoms with Crippen LogP contribution >= 0.6 is 34.8 Å². The first-order valence-electron chi connectivity index (χ1n) is 12.5. The summed E-state index contributed by atoms with van der Waals surface area (Å²) in [6.45, 7) is 8.78. The van der Waals surface area contributed by atoms with Gasteiger partial charge in [-0.1, -0.05) is 79.5 Å². The highest BCUT2D eigenvalue weighted by Crippen LogP contribution is 2.46. The molecule has 5 nitrogen and oxygen atoms in total. The largest absolute Gasteiger partial charge is 0.506 e. The fourth-order valence-corrected chi connectivity index (χ4v) is 5.87. The van der Waals surface area contributed by atoms with Gasteiger partial charge in [-0.15, -0.1) is 0 Å². The number of rotatable bonds is 5. The molecule has 0 spiro atoms. The highest BCUT2D eigenvalue weighted by Gasteiger charge is 2.30. The summed E-state index contributed by atoms with van der Waals surface area (Å²) < 4.78 is 32.8. The Labute approximate surface area is 245 Å². The van der Waals surface area contributed by atoms with Crippen LogP contribution in [-0.4, -0.2) is 32.0 Å². The molecule has 0 saturated carbocycles. The van der Waals surface area contributed by atoms with E-state index in [1.807, 2.05) is 28.8 Å². The molecule has 2 heterocycles. The Morgan fingerprint density at radius 1 is 1.05 bits per heavy atom. The van der Waals surface area contributed by atoms with Crippen LogP contribution in [0, 0.1) is 11.6 Å². The normalized spacial score (nSPS) is 13.1. The second kappa shape index (κ2) is 10.9. The predicted octanol–water partition coefficient (Wildman–Crippen LogP) is 8.48. The average molecular weight is 603 g/mol. The molecule has 3 aromatic carbocycles. The van der Waals surface area contributed by atoms with Gasteiger partial charge in [0.1, 0.15) is 17.4 Å². The molecule has 10 heteroatoms. The van der Waals surface area contributed by atoms with Gasteiger partial charge in [0.2, 0.25) is 5.91 Å². The van der Waals surface area contributed by atoms with E-state index in [1.54, 1.807) is 4.90 Å². The maximum atomic E-state index is 15.9. The highest BCUT2D eigenvalue weighted by atomic mass is 35.5. The minimum Gasteiger partial charge on any atom is -0.506 e. The number of amides is 1. The molecule has 5 rings (SSSR count). The zero-order valence-corrected chi connectivity index (χ0v) is 23.9. The maximum Gasteiger partial charge on any atom is 0.246 e. The van der Waals surface area contributed by atoms with Gasteiger partial charge in [0.15, 0.2) is 5.82 Å². The number of nitrogens with zero attached hydrogens (tertiary/aromatic N) is 3. The van der Waals surface area contributed by atoms with E-state index in [4.69, 9.17) is 39.8 Å². The Bertz CT molecular complexity index is 1630. The van der Waals surface area contributed by atoms with Crippen LogP contribution in [0.3, 0.4) is 0 Å². The third-order valence-corrected chi connectivity index (χ3v) is 7.87. The number of fused-ring (bicyclic) bond motifs is 1. The number of phenolic OH excluding ortho intramolecular Hbond substituents is 1. The van der Waals surface area contributed by atoms with Crippen molar-refractivity contribution in [1.29, 1.82) is 0 Å². The van der Waals surface area contributed by atoms with Crippen molar-refractivity contribution in [2.45, 2.75) is 32.9 Å². The molecule has 0 radical (unpaired) electrons. The summed E-state index contributed by atoms with van der Waals surface area (Å²) in [5.74, 6) is -2.01. The molecule has 0 bridgehead atoms. The zero-order valence-electron chi connectivity index (χ0n) is 21.6. The number of aromatic nitrogens is 2. The summed E-state index contributed by atoms with van der Waals surface area (Å²) in [5.41, 5.74) is 2.63. The van der Waals surface area contributed by atoms with Gasteiger partial charge in [0.05, 0.1) is 38.6 Å². The summed E-state index contributed by atoms with van der Waals surface area (Å²) in [4.78, 5) is 18.9. The fourth-order valence-electron chi connectivity index (χ4n) is 5.11. The van der Waals surface area contributed by atoms with E-state index in [-0.39, 0.29) is 39.0 Å². The lowest BCUT2D eigenvalue weighted by Crippen LogP contribution is -2.37. The van der Waals surface area contributed by atoms with E-state index in [0.29, 0.717) is 35.9 Å². The van der Waals surface area contributed by atoms with Gasteiger partial charge in [-0.05, 0) is 35.8 Å². The number of carbonyl (C=O) groups is 1. The van der Waals surface area contributed by atoms with Crippen LogP contribution in [0.4, 0.5) is 8.78 Å². The average Bonchev–Trinajstić information content (AvgIpc) is 3.31. The SMILES string of the molecule is C=CC(=O)N1CCn2c(nc(-c3ccccc3C(C)C)c2-c2cc(F)c(-c3c(O)c(Cl)cc(Cl)c3F)c(Cl)c2)C1. The summed E-state index contributed by atoms with van der Waals surface area (Å²) in [6.07, 6.45) is 1.26. The molecule has 4 aromatic rings. The molecule has 0 unspecified atom stereocenters. The molecular formula is C30H24Cl3F2N3O2. The lowest BCUT2D eigenvalue weighted by Gasteiger charge is -2.27. The lowest BCUT2D eigenvalue weighted by molar-refractivity contribution is -0.127. The van der Waals surface area contributed by atoms with Gasteiger partial charge < -0.3 is 14.6 Å². The predicted molar refractivity (Wildman–Crippen MR) is 155 cm³/mol. The summed E-state index contributed by atoms with van der Waals surface area (Å²) in [6, 6.07) is 11.6. The van der Waals surface area contributed by atoms with E-state index in [9.17, 15) is 14.3 Å². The van der Waals surface area contributed by atoms with Crippen LogP contribution in [-0.2, 0) is 17.9 Å². The number of hydrogen-bond donors (Lipinski definition) is 1. The molecule has 0 aliphatic carbocycles. The molecule has 1 N–H and O–H groups in total. The number of halogens is 5. The van der Waals surface area contributed by atoms with Crippen LogP contribution in [0.2, 0.25) is 15.1 Å². The second-order valence-electron chi connectivity index (χ2n) is 9.78. The standard InChI is InChI=1S/C30H24Cl3F2N3O2/c1-4-24(39)37-9-10-38-23(14-37)36-28(18-8-6-5-7-17(18)15(2)3)29(38)16-11-19(31)25(22(34)12-16)26-27(35)20(32)13-21(33)30(26)40/h4-8,11-13,15,40H,1,9-10,14H2,2-3H3. The molecule has 1 aliphatic heterocycles. The number of carbonyl (C=O) groups excluding carboxylic acids is 1. The number of imidazole rings is 1. The third kappa shape index (κ3) is 4.76. The molecule has 1 aliphatic rings. The minimum absolute atomic E-state index is 0.152. The first kappa shape index (κ1) is 28.1. The fraction of sp³-hybridized carbons (Fsp3) is 0.200. The van der Waals surface area contributed by atoms with E-state index in [2.05, 4.69) is 20.4 Å². The summed E-state index contributed by atoms with van der Waals surface area (Å²) in [5, 5.41) is 9.70. The first-order valence-corrected chi connectivity index (χ1v) is 13.6. The Balaban J connectivity index is 1.75. The van der Waals surface area contributed by atoms with E-state index in [1.165, 1.54) is 18.2 Å². The van der Waals surface area contributed by atoms with Crippen molar-refractivity contribution in [2.24, 2.45) is 0 Å². The van der Waals surface area contributed by atoms with Gasteiger partial charge in [-0.2, -0.15) is 0 Å². The van der Waals surface area contributed by atoms with Crippen LogP contribution in [0.25, 0.3) is 33.6 Å². The molecule has 1 amide bonds. The number of phenols is 1. The van der Waals surface area contributed by atoms with Gasteiger partial charge in [-0.25, -0.2) is 13.8 Å². The zero-order chi connectivity index (χ0) is 28.9. The van der Waals surface area contributed by atoms with E-state index >= 15 is 4.39 Å². The van der Waals surface area contributed by atoms with Gasteiger partial charge in [0.25, 0.3) is 0 Å². The number of aromatic hydroxyl groups is 1. The monoisotopic (exact) mass is 601 g/mol. The van der Waals surface area contributed by atoms with E-state index < -0.39 is 22.9 Å². The van der Waals surface area contributed by atoms with Gasteiger partial charge in [0, 0.05) is 29.8 Å². The topological polar surface area (TPSA) is 58.4 Å². The Morgan fingerprint density at radius 3 is 2.45 bits per heavy atom.